The highest BCUT2D eigenvalue weighted by molar-refractivity contribution is 7.22. The number of hydrogen-bond donors (Lipinski definition) is 2. The Balaban J connectivity index is 1.49. The van der Waals surface area contributed by atoms with Gasteiger partial charge < -0.3 is 10.1 Å². The number of aromatic nitrogens is 1. The van der Waals surface area contributed by atoms with E-state index in [9.17, 15) is 9.59 Å². The highest BCUT2D eigenvalue weighted by atomic mass is 32.1. The third kappa shape index (κ3) is 4.25. The molecule has 0 saturated heterocycles. The summed E-state index contributed by atoms with van der Waals surface area (Å²) in [5.41, 5.74) is 2.51. The predicted molar refractivity (Wildman–Crippen MR) is 115 cm³/mol. The van der Waals surface area contributed by atoms with Crippen molar-refractivity contribution in [1.29, 1.82) is 0 Å². The maximum atomic E-state index is 12.4. The summed E-state index contributed by atoms with van der Waals surface area (Å²) in [6, 6.07) is 21.3. The summed E-state index contributed by atoms with van der Waals surface area (Å²) in [5.74, 6) is 0.268. The van der Waals surface area contributed by atoms with Crippen LogP contribution in [0.4, 0.5) is 10.8 Å². The lowest BCUT2D eigenvalue weighted by atomic mass is 10.2. The maximum absolute atomic E-state index is 12.4. The normalized spacial score (nSPS) is 10.5. The Hall–Kier alpha value is -3.71. The summed E-state index contributed by atoms with van der Waals surface area (Å²) >= 11 is 1.35. The molecule has 1 heterocycles. The number of amides is 2. The van der Waals surface area contributed by atoms with Gasteiger partial charge in [0.15, 0.2) is 5.13 Å². The summed E-state index contributed by atoms with van der Waals surface area (Å²) in [7, 11) is 1.58. The summed E-state index contributed by atoms with van der Waals surface area (Å²) in [6.07, 6.45) is 0. The smallest absolute Gasteiger partial charge is 0.257 e. The SMILES string of the molecule is COc1ccc(C(=O)Nc2ccc3nc(NC(=O)c4ccccc4)sc3c2)cc1. The highest BCUT2D eigenvalue weighted by Crippen LogP contribution is 2.29. The second-order valence-corrected chi connectivity index (χ2v) is 7.23. The van der Waals surface area contributed by atoms with Gasteiger partial charge in [-0.15, -0.1) is 0 Å². The van der Waals surface area contributed by atoms with Crippen molar-refractivity contribution in [2.24, 2.45) is 0 Å². The third-order valence-corrected chi connectivity index (χ3v) is 5.19. The number of methoxy groups -OCH3 is 1. The van der Waals surface area contributed by atoms with Gasteiger partial charge in [-0.2, -0.15) is 0 Å². The summed E-state index contributed by atoms with van der Waals surface area (Å²) < 4.78 is 5.97. The fraction of sp³-hybridized carbons (Fsp3) is 0.0455. The first kappa shape index (κ1) is 18.6. The molecule has 1 aromatic heterocycles. The molecule has 0 bridgehead atoms. The van der Waals surface area contributed by atoms with E-state index in [1.54, 1.807) is 49.6 Å². The molecule has 0 radical (unpaired) electrons. The Morgan fingerprint density at radius 1 is 0.862 bits per heavy atom. The number of ether oxygens (including phenoxy) is 1. The van der Waals surface area contributed by atoms with E-state index in [0.29, 0.717) is 27.7 Å². The molecule has 4 aromatic rings. The van der Waals surface area contributed by atoms with E-state index >= 15 is 0 Å². The first-order chi connectivity index (χ1) is 14.1. The lowest BCUT2D eigenvalue weighted by molar-refractivity contribution is 0.101. The summed E-state index contributed by atoms with van der Waals surface area (Å²) in [5, 5.41) is 6.20. The van der Waals surface area contributed by atoms with Crippen molar-refractivity contribution < 1.29 is 14.3 Å². The molecule has 0 spiro atoms. The van der Waals surface area contributed by atoms with Crippen molar-refractivity contribution in [3.63, 3.8) is 0 Å². The standard InChI is InChI=1S/C22H17N3O3S/c1-28-17-10-7-15(8-11-17)20(26)23-16-9-12-18-19(13-16)29-22(24-18)25-21(27)14-5-3-2-4-6-14/h2-13H,1H3,(H,23,26)(H,24,25,27). The van der Waals surface area contributed by atoms with Crippen LogP contribution in [0.2, 0.25) is 0 Å². The van der Waals surface area contributed by atoms with Gasteiger partial charge in [-0.25, -0.2) is 4.98 Å². The van der Waals surface area contributed by atoms with Gasteiger partial charge in [0.25, 0.3) is 11.8 Å². The summed E-state index contributed by atoms with van der Waals surface area (Å²) in [6.45, 7) is 0. The van der Waals surface area contributed by atoms with Gasteiger partial charge in [-0.05, 0) is 54.6 Å². The molecule has 4 rings (SSSR count). The van der Waals surface area contributed by atoms with Gasteiger partial charge in [-0.3, -0.25) is 14.9 Å². The van der Waals surface area contributed by atoms with Crippen molar-refractivity contribution in [3.8, 4) is 5.75 Å². The van der Waals surface area contributed by atoms with E-state index in [1.807, 2.05) is 30.3 Å². The minimum Gasteiger partial charge on any atom is -0.497 e. The van der Waals surface area contributed by atoms with Crippen molar-refractivity contribution in [3.05, 3.63) is 83.9 Å². The number of nitrogens with zero attached hydrogens (tertiary/aromatic N) is 1. The van der Waals surface area contributed by atoms with Gasteiger partial charge >= 0.3 is 0 Å². The second kappa shape index (κ2) is 8.12. The molecule has 2 amide bonds. The minimum absolute atomic E-state index is 0.210. The maximum Gasteiger partial charge on any atom is 0.257 e. The monoisotopic (exact) mass is 403 g/mol. The number of carbonyl (C=O) groups excluding carboxylic acids is 2. The van der Waals surface area contributed by atoms with Crippen molar-refractivity contribution >= 4 is 44.2 Å². The molecule has 3 aromatic carbocycles. The Kier molecular flexibility index (Phi) is 5.22. The van der Waals surface area contributed by atoms with Crippen LogP contribution in [0.3, 0.4) is 0 Å². The molecule has 0 fully saturated rings. The largest absolute Gasteiger partial charge is 0.497 e. The average Bonchev–Trinajstić information content (AvgIpc) is 3.15. The van der Waals surface area contributed by atoms with Crippen LogP contribution in [0.5, 0.6) is 5.75 Å². The highest BCUT2D eigenvalue weighted by Gasteiger charge is 2.11. The molecular formula is C22H17N3O3S. The molecule has 0 aliphatic carbocycles. The lowest BCUT2D eigenvalue weighted by Gasteiger charge is -2.06. The molecule has 144 valence electrons. The van der Waals surface area contributed by atoms with Crippen LogP contribution in [-0.4, -0.2) is 23.9 Å². The Bertz CT molecular complexity index is 1170. The van der Waals surface area contributed by atoms with E-state index in [-0.39, 0.29) is 11.8 Å². The first-order valence-electron chi connectivity index (χ1n) is 8.85. The number of benzene rings is 3. The zero-order valence-corrected chi connectivity index (χ0v) is 16.3. The topological polar surface area (TPSA) is 80.3 Å². The molecule has 2 N–H and O–H groups in total. The summed E-state index contributed by atoms with van der Waals surface area (Å²) in [4.78, 5) is 29.2. The number of thiazole rings is 1. The Morgan fingerprint density at radius 3 is 2.28 bits per heavy atom. The van der Waals surface area contributed by atoms with Crippen molar-refractivity contribution in [1.82, 2.24) is 4.98 Å². The number of carbonyl (C=O) groups is 2. The zero-order chi connectivity index (χ0) is 20.2. The molecule has 29 heavy (non-hydrogen) atoms. The van der Waals surface area contributed by atoms with Crippen molar-refractivity contribution in [2.45, 2.75) is 0 Å². The number of fused-ring (bicyclic) bond motifs is 1. The zero-order valence-electron chi connectivity index (χ0n) is 15.5. The van der Waals surface area contributed by atoms with Crippen LogP contribution in [-0.2, 0) is 0 Å². The molecule has 0 aliphatic rings. The van der Waals surface area contributed by atoms with Crippen LogP contribution in [0, 0.1) is 0 Å². The quantitative estimate of drug-likeness (QED) is 0.501. The van der Waals surface area contributed by atoms with Crippen LogP contribution in [0.25, 0.3) is 10.2 Å². The second-order valence-electron chi connectivity index (χ2n) is 6.20. The van der Waals surface area contributed by atoms with Gasteiger partial charge in [0, 0.05) is 16.8 Å². The van der Waals surface area contributed by atoms with Crippen LogP contribution < -0.4 is 15.4 Å². The molecule has 0 aliphatic heterocycles. The van der Waals surface area contributed by atoms with E-state index in [0.717, 1.165) is 10.2 Å². The lowest BCUT2D eigenvalue weighted by Crippen LogP contribution is -2.11. The fourth-order valence-electron chi connectivity index (χ4n) is 2.76. The molecular weight excluding hydrogens is 386 g/mol. The molecule has 0 saturated carbocycles. The van der Waals surface area contributed by atoms with Crippen LogP contribution >= 0.6 is 11.3 Å². The Morgan fingerprint density at radius 2 is 1.55 bits per heavy atom. The number of rotatable bonds is 5. The van der Waals surface area contributed by atoms with Crippen molar-refractivity contribution in [2.75, 3.05) is 17.7 Å². The van der Waals surface area contributed by atoms with Crippen LogP contribution in [0.15, 0.2) is 72.8 Å². The average molecular weight is 403 g/mol. The van der Waals surface area contributed by atoms with E-state index < -0.39 is 0 Å². The number of nitrogens with one attached hydrogen (secondary N) is 2. The number of hydrogen-bond acceptors (Lipinski definition) is 5. The molecule has 0 unspecified atom stereocenters. The first-order valence-corrected chi connectivity index (χ1v) is 9.66. The Labute approximate surface area is 171 Å². The minimum atomic E-state index is -0.214. The predicted octanol–water partition coefficient (Wildman–Crippen LogP) is 4.81. The molecule has 6 nitrogen and oxygen atoms in total. The van der Waals surface area contributed by atoms with Crippen LogP contribution in [0.1, 0.15) is 20.7 Å². The van der Waals surface area contributed by atoms with Gasteiger partial charge in [0.1, 0.15) is 5.75 Å². The molecule has 0 atom stereocenters. The molecule has 7 heteroatoms. The van der Waals surface area contributed by atoms with Gasteiger partial charge in [0.2, 0.25) is 0 Å². The van der Waals surface area contributed by atoms with E-state index in [1.165, 1.54) is 11.3 Å². The fourth-order valence-corrected chi connectivity index (χ4v) is 3.66. The van der Waals surface area contributed by atoms with E-state index in [2.05, 4.69) is 15.6 Å². The number of anilines is 2. The third-order valence-electron chi connectivity index (χ3n) is 4.25. The van der Waals surface area contributed by atoms with Gasteiger partial charge in [0.05, 0.1) is 17.3 Å². The van der Waals surface area contributed by atoms with Gasteiger partial charge in [-0.1, -0.05) is 29.5 Å². The van der Waals surface area contributed by atoms with E-state index in [4.69, 9.17) is 4.74 Å².